The zero-order valence-corrected chi connectivity index (χ0v) is 13.1. The Hall–Kier alpha value is -2.58. The third-order valence-corrected chi connectivity index (χ3v) is 3.40. The molecule has 2 rings (SSSR count). The van der Waals surface area contributed by atoms with Gasteiger partial charge in [0.25, 0.3) is 5.91 Å². The summed E-state index contributed by atoms with van der Waals surface area (Å²) in [6, 6.07) is 11.3. The van der Waals surface area contributed by atoms with Gasteiger partial charge in [0.05, 0.1) is 12.3 Å². The van der Waals surface area contributed by atoms with Gasteiger partial charge in [0.1, 0.15) is 6.42 Å². The quantitative estimate of drug-likeness (QED) is 0.696. The number of carbonyl (C=O) groups is 1. The molecule has 0 spiro atoms. The minimum atomic E-state index is -0.428. The Kier molecular flexibility index (Phi) is 4.97. The summed E-state index contributed by atoms with van der Waals surface area (Å²) >= 11 is 6.04. The monoisotopic (exact) mass is 314 g/mol. The number of hydrazone groups is 1. The molecule has 6 heteroatoms. The van der Waals surface area contributed by atoms with Gasteiger partial charge in [-0.15, -0.1) is 0 Å². The first-order chi connectivity index (χ1) is 10.5. The second kappa shape index (κ2) is 6.92. The van der Waals surface area contributed by atoms with E-state index in [0.717, 1.165) is 22.6 Å². The number of rotatable bonds is 4. The third-order valence-electron chi connectivity index (χ3n) is 3.17. The molecule has 1 aromatic heterocycles. The fraction of sp³-hybridized carbons (Fsp3) is 0.188. The molecule has 2 aromatic rings. The van der Waals surface area contributed by atoms with Crippen molar-refractivity contribution in [1.82, 2.24) is 9.99 Å². The Bertz CT molecular complexity index is 771. The highest BCUT2D eigenvalue weighted by atomic mass is 35.5. The van der Waals surface area contributed by atoms with Crippen LogP contribution in [0, 0.1) is 25.2 Å². The molecule has 1 aromatic carbocycles. The second-order valence-corrected chi connectivity index (χ2v) is 5.21. The summed E-state index contributed by atoms with van der Waals surface area (Å²) in [6.45, 7) is 3.95. The van der Waals surface area contributed by atoms with Crippen LogP contribution in [-0.2, 0) is 4.79 Å². The van der Waals surface area contributed by atoms with Crippen LogP contribution in [0.15, 0.2) is 35.4 Å². The molecule has 0 aliphatic carbocycles. The van der Waals surface area contributed by atoms with Crippen molar-refractivity contribution < 1.29 is 4.79 Å². The summed E-state index contributed by atoms with van der Waals surface area (Å²) in [7, 11) is 0. The molecule has 0 saturated carbocycles. The van der Waals surface area contributed by atoms with Gasteiger partial charge in [-0.2, -0.15) is 10.4 Å². The fourth-order valence-corrected chi connectivity index (χ4v) is 2.40. The Balaban J connectivity index is 2.26. The Morgan fingerprint density at radius 2 is 2.23 bits per heavy atom. The number of carbonyl (C=O) groups excluding carboxylic acids is 1. The molecule has 112 valence electrons. The number of nitriles is 1. The molecule has 1 heterocycles. The summed E-state index contributed by atoms with van der Waals surface area (Å²) < 4.78 is 2.06. The molecule has 0 radical (unpaired) electrons. The number of nitrogens with one attached hydrogen (secondary N) is 1. The van der Waals surface area contributed by atoms with E-state index in [1.807, 2.05) is 44.2 Å². The number of aryl methyl sites for hydroxylation is 1. The normalized spacial score (nSPS) is 10.6. The maximum absolute atomic E-state index is 11.2. The van der Waals surface area contributed by atoms with E-state index in [2.05, 4.69) is 15.1 Å². The van der Waals surface area contributed by atoms with Gasteiger partial charge in [-0.25, -0.2) is 5.43 Å². The van der Waals surface area contributed by atoms with E-state index in [0.29, 0.717) is 5.02 Å². The van der Waals surface area contributed by atoms with Gasteiger partial charge in [-0.05, 0) is 38.1 Å². The summed E-state index contributed by atoms with van der Waals surface area (Å²) in [4.78, 5) is 11.2. The van der Waals surface area contributed by atoms with Crippen LogP contribution < -0.4 is 5.43 Å². The predicted octanol–water partition coefficient (Wildman–Crippen LogP) is 3.11. The maximum Gasteiger partial charge on any atom is 0.254 e. The van der Waals surface area contributed by atoms with Crippen LogP contribution in [0.3, 0.4) is 0 Å². The molecule has 0 bridgehead atoms. The summed E-state index contributed by atoms with van der Waals surface area (Å²) in [5, 5.41) is 13.0. The minimum Gasteiger partial charge on any atom is -0.318 e. The molecule has 0 aliphatic rings. The molecule has 0 saturated heterocycles. The van der Waals surface area contributed by atoms with Crippen LogP contribution in [0.4, 0.5) is 0 Å². The zero-order valence-electron chi connectivity index (χ0n) is 12.3. The first-order valence-electron chi connectivity index (χ1n) is 6.66. The van der Waals surface area contributed by atoms with E-state index in [1.54, 1.807) is 12.3 Å². The van der Waals surface area contributed by atoms with Gasteiger partial charge in [0.2, 0.25) is 0 Å². The van der Waals surface area contributed by atoms with Gasteiger partial charge >= 0.3 is 0 Å². The molecule has 1 N–H and O–H groups in total. The van der Waals surface area contributed by atoms with Gasteiger partial charge in [0.15, 0.2) is 0 Å². The highest BCUT2D eigenvalue weighted by molar-refractivity contribution is 6.30. The lowest BCUT2D eigenvalue weighted by atomic mass is 10.2. The first kappa shape index (κ1) is 15.8. The molecular weight excluding hydrogens is 300 g/mol. The molecule has 0 fully saturated rings. The van der Waals surface area contributed by atoms with Gasteiger partial charge in [-0.1, -0.05) is 17.7 Å². The fourth-order valence-electron chi connectivity index (χ4n) is 2.22. The second-order valence-electron chi connectivity index (χ2n) is 4.77. The van der Waals surface area contributed by atoms with Crippen LogP contribution in [-0.4, -0.2) is 16.7 Å². The number of hydrogen-bond donors (Lipinski definition) is 1. The zero-order chi connectivity index (χ0) is 16.1. The Morgan fingerprint density at radius 3 is 2.91 bits per heavy atom. The van der Waals surface area contributed by atoms with Crippen molar-refractivity contribution in [3.63, 3.8) is 0 Å². The SMILES string of the molecule is Cc1cc(/C=N\NC(=O)CC#N)c(C)n1-c1cccc(Cl)c1. The van der Waals surface area contributed by atoms with Crippen molar-refractivity contribution in [2.45, 2.75) is 20.3 Å². The van der Waals surface area contributed by atoms with Crippen molar-refractivity contribution in [3.8, 4) is 11.8 Å². The largest absolute Gasteiger partial charge is 0.318 e. The van der Waals surface area contributed by atoms with Crippen LogP contribution in [0.5, 0.6) is 0 Å². The number of amides is 1. The average Bonchev–Trinajstić information content (AvgIpc) is 2.74. The van der Waals surface area contributed by atoms with E-state index >= 15 is 0 Å². The van der Waals surface area contributed by atoms with Crippen molar-refractivity contribution >= 4 is 23.7 Å². The van der Waals surface area contributed by atoms with E-state index in [9.17, 15) is 4.79 Å². The Labute approximate surface area is 133 Å². The van der Waals surface area contributed by atoms with E-state index < -0.39 is 5.91 Å². The van der Waals surface area contributed by atoms with Crippen molar-refractivity contribution in [2.24, 2.45) is 5.10 Å². The third kappa shape index (κ3) is 3.54. The standard InChI is InChI=1S/C16H15ClN4O/c1-11-8-13(10-19-20-16(22)6-7-18)12(2)21(11)15-5-3-4-14(17)9-15/h3-5,8-10H,6H2,1-2H3,(H,20,22)/b19-10-. The lowest BCUT2D eigenvalue weighted by Gasteiger charge is -2.09. The highest BCUT2D eigenvalue weighted by Crippen LogP contribution is 2.22. The van der Waals surface area contributed by atoms with Crippen LogP contribution >= 0.6 is 11.6 Å². The molecule has 1 amide bonds. The smallest absolute Gasteiger partial charge is 0.254 e. The molecule has 0 aliphatic heterocycles. The topological polar surface area (TPSA) is 70.2 Å². The minimum absolute atomic E-state index is 0.209. The highest BCUT2D eigenvalue weighted by Gasteiger charge is 2.09. The Morgan fingerprint density at radius 1 is 1.45 bits per heavy atom. The van der Waals surface area contributed by atoms with Crippen LogP contribution in [0.2, 0.25) is 5.02 Å². The van der Waals surface area contributed by atoms with E-state index in [4.69, 9.17) is 16.9 Å². The predicted molar refractivity (Wildman–Crippen MR) is 86.2 cm³/mol. The summed E-state index contributed by atoms with van der Waals surface area (Å²) in [6.07, 6.45) is 1.36. The maximum atomic E-state index is 11.2. The lowest BCUT2D eigenvalue weighted by molar-refractivity contribution is -0.120. The lowest BCUT2D eigenvalue weighted by Crippen LogP contribution is -2.16. The molecule has 5 nitrogen and oxygen atoms in total. The summed E-state index contributed by atoms with van der Waals surface area (Å²) in [5.41, 5.74) is 6.18. The number of hydrogen-bond acceptors (Lipinski definition) is 3. The number of benzene rings is 1. The molecule has 0 atom stereocenters. The number of aromatic nitrogens is 1. The van der Waals surface area contributed by atoms with Crippen LogP contribution in [0.1, 0.15) is 23.4 Å². The van der Waals surface area contributed by atoms with Crippen LogP contribution in [0.25, 0.3) is 5.69 Å². The van der Waals surface area contributed by atoms with Gasteiger partial charge in [0, 0.05) is 27.7 Å². The van der Waals surface area contributed by atoms with Crippen molar-refractivity contribution in [2.75, 3.05) is 0 Å². The molecule has 0 unspecified atom stereocenters. The van der Waals surface area contributed by atoms with Gasteiger partial charge in [-0.3, -0.25) is 4.79 Å². The van der Waals surface area contributed by atoms with E-state index in [-0.39, 0.29) is 6.42 Å². The number of halogens is 1. The van der Waals surface area contributed by atoms with Crippen molar-refractivity contribution in [1.29, 1.82) is 5.26 Å². The molecule has 22 heavy (non-hydrogen) atoms. The summed E-state index contributed by atoms with van der Waals surface area (Å²) in [5.74, 6) is -0.428. The van der Waals surface area contributed by atoms with Gasteiger partial charge < -0.3 is 4.57 Å². The first-order valence-corrected chi connectivity index (χ1v) is 7.04. The average molecular weight is 315 g/mol. The molecular formula is C16H15ClN4O. The van der Waals surface area contributed by atoms with Crippen molar-refractivity contribution in [3.05, 3.63) is 52.3 Å². The number of nitrogens with zero attached hydrogens (tertiary/aromatic N) is 3. The van der Waals surface area contributed by atoms with E-state index in [1.165, 1.54) is 0 Å².